The molecule has 1 atom stereocenters. The first-order chi connectivity index (χ1) is 12.2. The van der Waals surface area contributed by atoms with Gasteiger partial charge in [-0.3, -0.25) is 9.69 Å². The van der Waals surface area contributed by atoms with Crippen LogP contribution in [-0.4, -0.2) is 23.9 Å². The summed E-state index contributed by atoms with van der Waals surface area (Å²) in [6.45, 7) is 8.36. The Morgan fingerprint density at radius 2 is 2.04 bits per heavy atom. The van der Waals surface area contributed by atoms with Crippen molar-refractivity contribution in [3.8, 4) is 0 Å². The van der Waals surface area contributed by atoms with Crippen LogP contribution in [0.4, 0.5) is 0 Å². The van der Waals surface area contributed by atoms with Crippen LogP contribution in [0.3, 0.4) is 0 Å². The molecule has 0 radical (unpaired) electrons. The summed E-state index contributed by atoms with van der Waals surface area (Å²) >= 11 is 1.53. The summed E-state index contributed by atoms with van der Waals surface area (Å²) in [6.07, 6.45) is 3.53. The quantitative estimate of drug-likeness (QED) is 0.828. The number of nitrogens with zero attached hydrogens (tertiary/aromatic N) is 1. The van der Waals surface area contributed by atoms with Crippen molar-refractivity contribution in [2.24, 2.45) is 5.92 Å². The van der Waals surface area contributed by atoms with E-state index in [1.54, 1.807) is 0 Å². The highest BCUT2D eigenvalue weighted by Gasteiger charge is 2.18. The van der Waals surface area contributed by atoms with Gasteiger partial charge in [0.1, 0.15) is 0 Å². The number of piperidine rings is 1. The summed E-state index contributed by atoms with van der Waals surface area (Å²) in [5, 5.41) is 5.11. The van der Waals surface area contributed by atoms with Gasteiger partial charge in [0.25, 0.3) is 5.91 Å². The SMILES string of the molecule is CCc1ccsc1C(=O)NCc1ccccc1CN1CCCC(C)C1. The first kappa shape index (κ1) is 18.2. The van der Waals surface area contributed by atoms with Crippen molar-refractivity contribution < 1.29 is 4.79 Å². The molecule has 1 aliphatic heterocycles. The van der Waals surface area contributed by atoms with Crippen molar-refractivity contribution in [3.63, 3.8) is 0 Å². The summed E-state index contributed by atoms with van der Waals surface area (Å²) < 4.78 is 0. The largest absolute Gasteiger partial charge is 0.347 e. The normalized spacial score (nSPS) is 18.2. The highest BCUT2D eigenvalue weighted by atomic mass is 32.1. The van der Waals surface area contributed by atoms with E-state index in [-0.39, 0.29) is 5.91 Å². The zero-order chi connectivity index (χ0) is 17.6. The molecule has 1 unspecified atom stereocenters. The molecule has 1 aromatic carbocycles. The van der Waals surface area contributed by atoms with Gasteiger partial charge in [0.05, 0.1) is 4.88 Å². The van der Waals surface area contributed by atoms with Crippen molar-refractivity contribution in [1.29, 1.82) is 0 Å². The zero-order valence-electron chi connectivity index (χ0n) is 15.3. The number of nitrogens with one attached hydrogen (secondary N) is 1. The molecule has 0 bridgehead atoms. The molecule has 0 spiro atoms. The molecule has 1 aromatic heterocycles. The Hall–Kier alpha value is -1.65. The van der Waals surface area contributed by atoms with Crippen molar-refractivity contribution in [1.82, 2.24) is 10.2 Å². The Morgan fingerprint density at radius 1 is 1.24 bits per heavy atom. The Balaban J connectivity index is 1.64. The Bertz CT molecular complexity index is 709. The van der Waals surface area contributed by atoms with Gasteiger partial charge in [0.15, 0.2) is 0 Å². The molecule has 25 heavy (non-hydrogen) atoms. The van der Waals surface area contributed by atoms with Crippen molar-refractivity contribution >= 4 is 17.2 Å². The maximum atomic E-state index is 12.5. The zero-order valence-corrected chi connectivity index (χ0v) is 16.1. The van der Waals surface area contributed by atoms with Gasteiger partial charge in [0.2, 0.25) is 0 Å². The van der Waals surface area contributed by atoms with E-state index in [4.69, 9.17) is 0 Å². The molecule has 4 heteroatoms. The van der Waals surface area contributed by atoms with E-state index in [1.807, 2.05) is 11.4 Å². The minimum atomic E-state index is 0.0493. The van der Waals surface area contributed by atoms with Crippen LogP contribution in [0.2, 0.25) is 0 Å². The lowest BCUT2D eigenvalue weighted by Crippen LogP contribution is -2.34. The fourth-order valence-electron chi connectivity index (χ4n) is 3.62. The second-order valence-electron chi connectivity index (χ2n) is 7.06. The lowest BCUT2D eigenvalue weighted by molar-refractivity contribution is 0.0954. The predicted molar refractivity (Wildman–Crippen MR) is 105 cm³/mol. The molecule has 0 aliphatic carbocycles. The van der Waals surface area contributed by atoms with Crippen molar-refractivity contribution in [2.45, 2.75) is 46.2 Å². The number of carbonyl (C=O) groups is 1. The smallest absolute Gasteiger partial charge is 0.261 e. The van der Waals surface area contributed by atoms with Crippen LogP contribution in [-0.2, 0) is 19.5 Å². The number of rotatable bonds is 6. The molecule has 2 aromatic rings. The molecule has 1 saturated heterocycles. The van der Waals surface area contributed by atoms with E-state index in [0.29, 0.717) is 6.54 Å². The molecular formula is C21H28N2OS. The van der Waals surface area contributed by atoms with Crippen LogP contribution in [0.5, 0.6) is 0 Å². The van der Waals surface area contributed by atoms with E-state index in [1.165, 1.54) is 48.4 Å². The van der Waals surface area contributed by atoms with Crippen LogP contribution < -0.4 is 5.32 Å². The second kappa shape index (κ2) is 8.63. The van der Waals surface area contributed by atoms with Gasteiger partial charge in [-0.2, -0.15) is 0 Å². The topological polar surface area (TPSA) is 32.3 Å². The average molecular weight is 357 g/mol. The lowest BCUT2D eigenvalue weighted by Gasteiger charge is -2.31. The van der Waals surface area contributed by atoms with Crippen LogP contribution in [0.1, 0.15) is 53.1 Å². The van der Waals surface area contributed by atoms with Gasteiger partial charge in [-0.1, -0.05) is 38.1 Å². The maximum Gasteiger partial charge on any atom is 0.261 e. The Morgan fingerprint density at radius 3 is 2.80 bits per heavy atom. The first-order valence-electron chi connectivity index (χ1n) is 9.31. The standard InChI is InChI=1S/C21H28N2OS/c1-3-17-10-12-25-20(17)21(24)22-13-18-8-4-5-9-19(18)15-23-11-6-7-16(2)14-23/h4-5,8-10,12,16H,3,6-7,11,13-15H2,1-2H3,(H,22,24). The van der Waals surface area contributed by atoms with Gasteiger partial charge in [-0.15, -0.1) is 11.3 Å². The molecule has 134 valence electrons. The highest BCUT2D eigenvalue weighted by molar-refractivity contribution is 7.12. The molecule has 3 rings (SSSR count). The molecule has 1 aliphatic rings. The van der Waals surface area contributed by atoms with Gasteiger partial charge >= 0.3 is 0 Å². The summed E-state index contributed by atoms with van der Waals surface area (Å²) in [4.78, 5) is 15.9. The number of benzene rings is 1. The summed E-state index contributed by atoms with van der Waals surface area (Å²) in [5.41, 5.74) is 3.69. The minimum absolute atomic E-state index is 0.0493. The lowest BCUT2D eigenvalue weighted by atomic mass is 9.99. The van der Waals surface area contributed by atoms with E-state index < -0.39 is 0 Å². The van der Waals surface area contributed by atoms with E-state index in [9.17, 15) is 4.79 Å². The maximum absolute atomic E-state index is 12.5. The number of amides is 1. The molecule has 1 N–H and O–H groups in total. The predicted octanol–water partition coefficient (Wildman–Crippen LogP) is 4.47. The van der Waals surface area contributed by atoms with Crippen molar-refractivity contribution in [3.05, 3.63) is 57.3 Å². The number of likely N-dealkylation sites (tertiary alicyclic amines) is 1. The molecule has 1 amide bonds. The summed E-state index contributed by atoms with van der Waals surface area (Å²) in [6, 6.07) is 10.5. The number of hydrogen-bond donors (Lipinski definition) is 1. The number of aryl methyl sites for hydroxylation is 1. The molecule has 3 nitrogen and oxygen atoms in total. The molecular weight excluding hydrogens is 328 g/mol. The van der Waals surface area contributed by atoms with Crippen LogP contribution in [0.15, 0.2) is 35.7 Å². The van der Waals surface area contributed by atoms with Gasteiger partial charge in [-0.05, 0) is 59.9 Å². The molecule has 0 saturated carbocycles. The van der Waals surface area contributed by atoms with E-state index >= 15 is 0 Å². The fraction of sp³-hybridized carbons (Fsp3) is 0.476. The monoisotopic (exact) mass is 356 g/mol. The van der Waals surface area contributed by atoms with Crippen molar-refractivity contribution in [2.75, 3.05) is 13.1 Å². The van der Waals surface area contributed by atoms with Crippen LogP contribution >= 0.6 is 11.3 Å². The molecule has 2 heterocycles. The molecule has 1 fully saturated rings. The third-order valence-corrected chi connectivity index (χ3v) is 5.98. The van der Waals surface area contributed by atoms with Crippen LogP contribution in [0.25, 0.3) is 0 Å². The van der Waals surface area contributed by atoms with Gasteiger partial charge in [-0.25, -0.2) is 0 Å². The van der Waals surface area contributed by atoms with Crippen LogP contribution in [0, 0.1) is 5.92 Å². The first-order valence-corrected chi connectivity index (χ1v) is 10.2. The van der Waals surface area contributed by atoms with E-state index in [2.05, 4.69) is 48.3 Å². The summed E-state index contributed by atoms with van der Waals surface area (Å²) in [5.74, 6) is 0.833. The minimum Gasteiger partial charge on any atom is -0.347 e. The fourth-order valence-corrected chi connectivity index (χ4v) is 4.54. The average Bonchev–Trinajstić information content (AvgIpc) is 3.09. The highest BCUT2D eigenvalue weighted by Crippen LogP contribution is 2.20. The Kier molecular flexibility index (Phi) is 6.27. The number of thiophene rings is 1. The number of hydrogen-bond acceptors (Lipinski definition) is 3. The third-order valence-electron chi connectivity index (χ3n) is 5.03. The van der Waals surface area contributed by atoms with Gasteiger partial charge < -0.3 is 5.32 Å². The number of carbonyl (C=O) groups excluding carboxylic acids is 1. The van der Waals surface area contributed by atoms with E-state index in [0.717, 1.165) is 29.3 Å². The Labute approximate surface area is 155 Å². The third kappa shape index (κ3) is 4.71. The van der Waals surface area contributed by atoms with Gasteiger partial charge in [0, 0.05) is 19.6 Å². The second-order valence-corrected chi connectivity index (χ2v) is 7.98. The summed E-state index contributed by atoms with van der Waals surface area (Å²) in [7, 11) is 0.